The number of benzene rings is 2. The fourth-order valence-corrected chi connectivity index (χ4v) is 3.03. The second-order valence-electron chi connectivity index (χ2n) is 6.42. The average molecular weight is 339 g/mol. The molecular weight excluding hydrogens is 318 g/mol. The lowest BCUT2D eigenvalue weighted by Gasteiger charge is -2.18. The van der Waals surface area contributed by atoms with Gasteiger partial charge in [-0.1, -0.05) is 30.3 Å². The molecule has 5 nitrogen and oxygen atoms in total. The summed E-state index contributed by atoms with van der Waals surface area (Å²) in [5, 5.41) is 12.0. The van der Waals surface area contributed by atoms with Crippen LogP contribution in [0.5, 0.6) is 5.75 Å². The number of carboxylic acids is 1. The number of amides is 1. The lowest BCUT2D eigenvalue weighted by Crippen LogP contribution is -2.28. The fraction of sp³-hybridized carbons (Fsp3) is 0.300. The molecule has 0 heterocycles. The van der Waals surface area contributed by atoms with Gasteiger partial charge in [-0.2, -0.15) is 0 Å². The summed E-state index contributed by atoms with van der Waals surface area (Å²) in [6.45, 7) is 1.64. The number of carboxylic acid groups (broad SMARTS) is 1. The molecule has 1 amide bonds. The van der Waals surface area contributed by atoms with Gasteiger partial charge in [-0.3, -0.25) is 9.59 Å². The van der Waals surface area contributed by atoms with Gasteiger partial charge in [0, 0.05) is 11.3 Å². The predicted molar refractivity (Wildman–Crippen MR) is 95.0 cm³/mol. The topological polar surface area (TPSA) is 75.6 Å². The molecule has 3 rings (SSSR count). The predicted octanol–water partition coefficient (Wildman–Crippen LogP) is 3.55. The van der Waals surface area contributed by atoms with E-state index < -0.39 is 17.3 Å². The maximum Gasteiger partial charge on any atom is 0.310 e. The second kappa shape index (κ2) is 6.59. The minimum atomic E-state index is -0.870. The molecule has 1 aliphatic rings. The van der Waals surface area contributed by atoms with Crippen LogP contribution < -0.4 is 10.1 Å². The van der Waals surface area contributed by atoms with Crippen molar-refractivity contribution in [3.8, 4) is 5.75 Å². The molecule has 130 valence electrons. The van der Waals surface area contributed by atoms with Crippen molar-refractivity contribution < 1.29 is 19.4 Å². The molecule has 1 unspecified atom stereocenters. The van der Waals surface area contributed by atoms with Crippen molar-refractivity contribution >= 4 is 17.6 Å². The van der Waals surface area contributed by atoms with E-state index in [1.807, 2.05) is 24.3 Å². The van der Waals surface area contributed by atoms with Gasteiger partial charge in [0.25, 0.3) is 0 Å². The Labute approximate surface area is 146 Å². The maximum absolute atomic E-state index is 12.8. The van der Waals surface area contributed by atoms with Crippen molar-refractivity contribution in [2.75, 3.05) is 12.4 Å². The number of nitrogens with one attached hydrogen (secondary N) is 1. The number of anilines is 1. The van der Waals surface area contributed by atoms with E-state index in [9.17, 15) is 9.59 Å². The first kappa shape index (κ1) is 17.0. The highest BCUT2D eigenvalue weighted by atomic mass is 16.5. The van der Waals surface area contributed by atoms with E-state index in [1.54, 1.807) is 38.3 Å². The number of aliphatic carboxylic acids is 1. The Bertz CT molecular complexity index is 794. The SMILES string of the molecule is COc1ccccc1C1(C(=O)Nc2ccc(C(C)C(=O)O)cc2)CC1. The number of para-hydroxylation sites is 1. The summed E-state index contributed by atoms with van der Waals surface area (Å²) < 4.78 is 5.40. The molecule has 0 bridgehead atoms. The molecule has 2 N–H and O–H groups in total. The number of hydrogen-bond acceptors (Lipinski definition) is 3. The van der Waals surface area contributed by atoms with Crippen molar-refractivity contribution in [3.63, 3.8) is 0 Å². The van der Waals surface area contributed by atoms with Crippen LogP contribution in [0.25, 0.3) is 0 Å². The van der Waals surface area contributed by atoms with Crippen molar-refractivity contribution in [2.24, 2.45) is 0 Å². The molecule has 2 aromatic rings. The van der Waals surface area contributed by atoms with Crippen LogP contribution in [-0.2, 0) is 15.0 Å². The molecule has 0 radical (unpaired) electrons. The third-order valence-electron chi connectivity index (χ3n) is 4.85. The van der Waals surface area contributed by atoms with Crippen LogP contribution in [0.4, 0.5) is 5.69 Å². The van der Waals surface area contributed by atoms with Gasteiger partial charge in [0.05, 0.1) is 18.4 Å². The second-order valence-corrected chi connectivity index (χ2v) is 6.42. The van der Waals surface area contributed by atoms with Gasteiger partial charge < -0.3 is 15.2 Å². The Morgan fingerprint density at radius 1 is 1.12 bits per heavy atom. The van der Waals surface area contributed by atoms with Crippen molar-refractivity contribution in [1.29, 1.82) is 0 Å². The summed E-state index contributed by atoms with van der Waals surface area (Å²) in [4.78, 5) is 23.9. The summed E-state index contributed by atoms with van der Waals surface area (Å²) in [5.41, 5.74) is 1.73. The van der Waals surface area contributed by atoms with E-state index in [4.69, 9.17) is 9.84 Å². The van der Waals surface area contributed by atoms with Gasteiger partial charge in [-0.25, -0.2) is 0 Å². The van der Waals surface area contributed by atoms with Crippen LogP contribution >= 0.6 is 0 Å². The Morgan fingerprint density at radius 2 is 1.76 bits per heavy atom. The van der Waals surface area contributed by atoms with Crippen LogP contribution in [-0.4, -0.2) is 24.1 Å². The zero-order chi connectivity index (χ0) is 18.0. The largest absolute Gasteiger partial charge is 0.496 e. The molecule has 1 aliphatic carbocycles. The maximum atomic E-state index is 12.8. The zero-order valence-electron chi connectivity index (χ0n) is 14.3. The Hall–Kier alpha value is -2.82. The molecule has 5 heteroatoms. The highest BCUT2D eigenvalue weighted by Crippen LogP contribution is 2.51. The molecule has 1 saturated carbocycles. The molecular formula is C20H21NO4. The van der Waals surface area contributed by atoms with E-state index in [2.05, 4.69) is 5.32 Å². The van der Waals surface area contributed by atoms with E-state index in [-0.39, 0.29) is 5.91 Å². The van der Waals surface area contributed by atoms with Crippen LogP contribution in [0, 0.1) is 0 Å². The van der Waals surface area contributed by atoms with E-state index in [1.165, 1.54) is 0 Å². The molecule has 0 saturated heterocycles. The normalized spacial score (nSPS) is 15.9. The molecule has 1 atom stereocenters. The van der Waals surface area contributed by atoms with Crippen LogP contribution in [0.15, 0.2) is 48.5 Å². The monoisotopic (exact) mass is 339 g/mol. The summed E-state index contributed by atoms with van der Waals surface area (Å²) in [6.07, 6.45) is 1.57. The standard InChI is InChI=1S/C20H21NO4/c1-13(18(22)23)14-7-9-15(10-8-14)21-19(24)20(11-12-20)16-5-3-4-6-17(16)25-2/h3-10,13H,11-12H2,1-2H3,(H,21,24)(H,22,23). The van der Waals surface area contributed by atoms with Crippen LogP contribution in [0.2, 0.25) is 0 Å². The summed E-state index contributed by atoms with van der Waals surface area (Å²) >= 11 is 0. The third-order valence-corrected chi connectivity index (χ3v) is 4.85. The summed E-state index contributed by atoms with van der Waals surface area (Å²) in [5.74, 6) is -0.783. The van der Waals surface area contributed by atoms with Gasteiger partial charge in [0.1, 0.15) is 5.75 Å². The number of carbonyl (C=O) groups is 2. The number of ether oxygens (including phenoxy) is 1. The van der Waals surface area contributed by atoms with Gasteiger partial charge in [-0.05, 0) is 43.5 Å². The number of carbonyl (C=O) groups excluding carboxylic acids is 1. The summed E-state index contributed by atoms with van der Waals surface area (Å²) in [6, 6.07) is 14.5. The smallest absolute Gasteiger partial charge is 0.310 e. The van der Waals surface area contributed by atoms with Crippen molar-refractivity contribution in [2.45, 2.75) is 31.1 Å². The van der Waals surface area contributed by atoms with Crippen molar-refractivity contribution in [1.82, 2.24) is 0 Å². The lowest BCUT2D eigenvalue weighted by molar-refractivity contribution is -0.138. The van der Waals surface area contributed by atoms with Gasteiger partial charge in [0.15, 0.2) is 0 Å². The Balaban J connectivity index is 1.77. The average Bonchev–Trinajstić information content (AvgIpc) is 3.43. The van der Waals surface area contributed by atoms with Crippen LogP contribution in [0.3, 0.4) is 0 Å². The lowest BCUT2D eigenvalue weighted by atomic mass is 9.93. The zero-order valence-corrected chi connectivity index (χ0v) is 14.3. The molecule has 0 aromatic heterocycles. The molecule has 0 aliphatic heterocycles. The molecule has 2 aromatic carbocycles. The number of methoxy groups -OCH3 is 1. The minimum absolute atomic E-state index is 0.0592. The van der Waals surface area contributed by atoms with Crippen molar-refractivity contribution in [3.05, 3.63) is 59.7 Å². The highest BCUT2D eigenvalue weighted by molar-refractivity contribution is 6.01. The molecule has 25 heavy (non-hydrogen) atoms. The molecule has 0 spiro atoms. The van der Waals surface area contributed by atoms with Gasteiger partial charge in [-0.15, -0.1) is 0 Å². The fourth-order valence-electron chi connectivity index (χ4n) is 3.03. The third kappa shape index (κ3) is 3.22. The highest BCUT2D eigenvalue weighted by Gasteiger charge is 2.52. The van der Waals surface area contributed by atoms with E-state index >= 15 is 0 Å². The van der Waals surface area contributed by atoms with Gasteiger partial charge in [0.2, 0.25) is 5.91 Å². The number of rotatable bonds is 6. The first-order valence-electron chi connectivity index (χ1n) is 8.25. The summed E-state index contributed by atoms with van der Waals surface area (Å²) in [7, 11) is 1.61. The number of hydrogen-bond donors (Lipinski definition) is 2. The minimum Gasteiger partial charge on any atom is -0.496 e. The first-order valence-corrected chi connectivity index (χ1v) is 8.25. The first-order chi connectivity index (χ1) is 12.0. The Kier molecular flexibility index (Phi) is 4.49. The Morgan fingerprint density at radius 3 is 2.32 bits per heavy atom. The quantitative estimate of drug-likeness (QED) is 0.844. The van der Waals surface area contributed by atoms with E-state index in [0.717, 1.165) is 24.2 Å². The van der Waals surface area contributed by atoms with E-state index in [0.29, 0.717) is 11.3 Å². The van der Waals surface area contributed by atoms with Crippen LogP contribution in [0.1, 0.15) is 36.8 Å². The van der Waals surface area contributed by atoms with Gasteiger partial charge >= 0.3 is 5.97 Å². The molecule has 1 fully saturated rings.